The first kappa shape index (κ1) is 16.2. The molecule has 1 atom stereocenters. The Kier molecular flexibility index (Phi) is 4.38. The van der Waals surface area contributed by atoms with Crippen LogP contribution in [0.25, 0.3) is 21.8 Å². The van der Waals surface area contributed by atoms with Gasteiger partial charge >= 0.3 is 0 Å². The van der Waals surface area contributed by atoms with Gasteiger partial charge < -0.3 is 9.88 Å². The second-order valence-corrected chi connectivity index (χ2v) is 5.94. The van der Waals surface area contributed by atoms with Crippen molar-refractivity contribution in [1.82, 2.24) is 19.7 Å². The van der Waals surface area contributed by atoms with Gasteiger partial charge in [-0.2, -0.15) is 5.10 Å². The summed E-state index contributed by atoms with van der Waals surface area (Å²) in [7, 11) is 1.63. The zero-order valence-electron chi connectivity index (χ0n) is 14.2. The van der Waals surface area contributed by atoms with E-state index in [0.29, 0.717) is 18.5 Å². The molecule has 0 aliphatic rings. The summed E-state index contributed by atoms with van der Waals surface area (Å²) < 4.78 is 3.19. The number of benzene rings is 1. The monoisotopic (exact) mass is 326 g/mol. The van der Waals surface area contributed by atoms with Crippen molar-refractivity contribution in [2.75, 3.05) is 6.54 Å². The fourth-order valence-electron chi connectivity index (χ4n) is 3.16. The lowest BCUT2D eigenvalue weighted by molar-refractivity contribution is -0.124. The van der Waals surface area contributed by atoms with Crippen molar-refractivity contribution in [3.05, 3.63) is 40.8 Å². The highest BCUT2D eigenvalue weighted by atomic mass is 16.2. The van der Waals surface area contributed by atoms with E-state index in [1.807, 2.05) is 42.7 Å². The first-order valence-electron chi connectivity index (χ1n) is 8.32. The Hall–Kier alpha value is -2.63. The van der Waals surface area contributed by atoms with Gasteiger partial charge in [0.1, 0.15) is 11.6 Å². The fraction of sp³-hybridized carbons (Fsp3) is 0.389. The van der Waals surface area contributed by atoms with E-state index in [1.165, 1.54) is 4.68 Å². The van der Waals surface area contributed by atoms with Crippen LogP contribution >= 0.6 is 0 Å². The number of aromatic nitrogens is 3. The number of aryl methyl sites for hydroxylation is 1. The summed E-state index contributed by atoms with van der Waals surface area (Å²) in [5.74, 6) is -0.0548. The van der Waals surface area contributed by atoms with E-state index >= 15 is 0 Å². The van der Waals surface area contributed by atoms with Crippen LogP contribution in [0, 0.1) is 0 Å². The lowest BCUT2D eigenvalue weighted by atomic mass is 10.2. The normalized spacial score (nSPS) is 12.6. The molecule has 0 spiro atoms. The van der Waals surface area contributed by atoms with Gasteiger partial charge in [0.2, 0.25) is 5.91 Å². The standard InChI is InChI=1S/C18H22N4O2/c1-4-10-19-17(23)14(5-2)22-15-9-7-6-8-12(15)13-11-20-21(3)18(24)16(13)22/h6-9,11,14H,4-5,10H2,1-3H3,(H,19,23). The molecule has 0 aliphatic carbocycles. The number of carbonyl (C=O) groups excluding carboxylic acids is 1. The maximum Gasteiger partial charge on any atom is 0.291 e. The Bertz CT molecular complexity index is 955. The maximum atomic E-state index is 12.7. The Morgan fingerprint density at radius 2 is 2.00 bits per heavy atom. The molecule has 0 radical (unpaired) electrons. The highest BCUT2D eigenvalue weighted by Crippen LogP contribution is 2.30. The molecule has 1 N–H and O–H groups in total. The molecule has 2 heterocycles. The van der Waals surface area contributed by atoms with Crippen molar-refractivity contribution in [2.24, 2.45) is 7.05 Å². The second-order valence-electron chi connectivity index (χ2n) is 5.94. The van der Waals surface area contributed by atoms with Gasteiger partial charge in [0.05, 0.1) is 11.7 Å². The summed E-state index contributed by atoms with van der Waals surface area (Å²) >= 11 is 0. The molecule has 3 rings (SSSR count). The summed E-state index contributed by atoms with van der Waals surface area (Å²) in [5, 5.41) is 8.82. The zero-order chi connectivity index (χ0) is 17.3. The number of hydrogen-bond donors (Lipinski definition) is 1. The molecule has 6 heteroatoms. The molecule has 1 aromatic carbocycles. The van der Waals surface area contributed by atoms with Crippen LogP contribution in [0.2, 0.25) is 0 Å². The average Bonchev–Trinajstić information content (AvgIpc) is 2.92. The number of nitrogens with one attached hydrogen (secondary N) is 1. The van der Waals surface area contributed by atoms with E-state index in [0.717, 1.165) is 22.7 Å². The van der Waals surface area contributed by atoms with Crippen molar-refractivity contribution < 1.29 is 4.79 Å². The minimum absolute atomic E-state index is 0.0548. The SMILES string of the molecule is CCCNC(=O)C(CC)n1c2ccccc2c2cnn(C)c(=O)c21. The zero-order valence-corrected chi connectivity index (χ0v) is 14.2. The molecule has 0 bridgehead atoms. The summed E-state index contributed by atoms with van der Waals surface area (Å²) in [6.45, 7) is 4.61. The minimum Gasteiger partial charge on any atom is -0.354 e. The molecule has 0 fully saturated rings. The highest BCUT2D eigenvalue weighted by molar-refractivity contribution is 6.08. The van der Waals surface area contributed by atoms with Gasteiger partial charge in [0.15, 0.2) is 0 Å². The van der Waals surface area contributed by atoms with Gasteiger partial charge in [-0.15, -0.1) is 0 Å². The lowest BCUT2D eigenvalue weighted by Crippen LogP contribution is -2.34. The van der Waals surface area contributed by atoms with Crippen LogP contribution < -0.4 is 10.9 Å². The van der Waals surface area contributed by atoms with E-state index in [4.69, 9.17) is 0 Å². The van der Waals surface area contributed by atoms with E-state index in [2.05, 4.69) is 10.4 Å². The van der Waals surface area contributed by atoms with Gasteiger partial charge in [0.25, 0.3) is 5.56 Å². The molecule has 126 valence electrons. The van der Waals surface area contributed by atoms with Crippen molar-refractivity contribution >= 4 is 27.7 Å². The molecular formula is C18H22N4O2. The number of para-hydroxylation sites is 1. The fourth-order valence-corrected chi connectivity index (χ4v) is 3.16. The van der Waals surface area contributed by atoms with Gasteiger partial charge in [-0.3, -0.25) is 9.59 Å². The van der Waals surface area contributed by atoms with Crippen LogP contribution in [-0.2, 0) is 11.8 Å². The van der Waals surface area contributed by atoms with Gasteiger partial charge in [-0.25, -0.2) is 4.68 Å². The van der Waals surface area contributed by atoms with E-state index in [1.54, 1.807) is 13.2 Å². The Morgan fingerprint density at radius 1 is 1.25 bits per heavy atom. The van der Waals surface area contributed by atoms with E-state index in [-0.39, 0.29) is 11.5 Å². The number of fused-ring (bicyclic) bond motifs is 3. The average molecular weight is 326 g/mol. The van der Waals surface area contributed by atoms with Crippen molar-refractivity contribution in [2.45, 2.75) is 32.7 Å². The van der Waals surface area contributed by atoms with Crippen molar-refractivity contribution in [1.29, 1.82) is 0 Å². The van der Waals surface area contributed by atoms with E-state index < -0.39 is 6.04 Å². The Morgan fingerprint density at radius 3 is 2.71 bits per heavy atom. The van der Waals surface area contributed by atoms with E-state index in [9.17, 15) is 9.59 Å². The summed E-state index contributed by atoms with van der Waals surface area (Å²) in [5.41, 5.74) is 1.23. The number of hydrogen-bond acceptors (Lipinski definition) is 3. The third kappa shape index (κ3) is 2.48. The largest absolute Gasteiger partial charge is 0.354 e. The number of nitrogens with zero attached hydrogens (tertiary/aromatic N) is 3. The summed E-state index contributed by atoms with van der Waals surface area (Å²) in [6, 6.07) is 7.35. The topological polar surface area (TPSA) is 68.9 Å². The van der Waals surface area contributed by atoms with Crippen LogP contribution in [0.15, 0.2) is 35.3 Å². The Labute approximate surface area is 140 Å². The minimum atomic E-state index is -0.422. The van der Waals surface area contributed by atoms with Crippen LogP contribution in [-0.4, -0.2) is 26.8 Å². The molecule has 6 nitrogen and oxygen atoms in total. The van der Waals surface area contributed by atoms with Crippen LogP contribution in [0.1, 0.15) is 32.7 Å². The summed E-state index contributed by atoms with van der Waals surface area (Å²) in [6.07, 6.45) is 3.18. The molecule has 1 unspecified atom stereocenters. The molecular weight excluding hydrogens is 304 g/mol. The number of rotatable bonds is 5. The molecule has 2 aromatic heterocycles. The summed E-state index contributed by atoms with van der Waals surface area (Å²) in [4.78, 5) is 25.4. The predicted molar refractivity (Wildman–Crippen MR) is 95.1 cm³/mol. The maximum absolute atomic E-state index is 12.7. The third-order valence-corrected chi connectivity index (χ3v) is 4.36. The third-order valence-electron chi connectivity index (χ3n) is 4.36. The quantitative estimate of drug-likeness (QED) is 0.782. The van der Waals surface area contributed by atoms with Crippen LogP contribution in [0.3, 0.4) is 0 Å². The first-order valence-corrected chi connectivity index (χ1v) is 8.32. The molecule has 24 heavy (non-hydrogen) atoms. The molecule has 1 amide bonds. The Balaban J connectivity index is 2.33. The van der Waals surface area contributed by atoms with Crippen molar-refractivity contribution in [3.63, 3.8) is 0 Å². The van der Waals surface area contributed by atoms with Crippen LogP contribution in [0.5, 0.6) is 0 Å². The lowest BCUT2D eigenvalue weighted by Gasteiger charge is -2.19. The smallest absolute Gasteiger partial charge is 0.291 e. The van der Waals surface area contributed by atoms with Crippen LogP contribution in [0.4, 0.5) is 0 Å². The van der Waals surface area contributed by atoms with Crippen molar-refractivity contribution in [3.8, 4) is 0 Å². The second kappa shape index (κ2) is 6.47. The molecule has 0 aliphatic heterocycles. The van der Waals surface area contributed by atoms with Gasteiger partial charge in [-0.1, -0.05) is 32.0 Å². The van der Waals surface area contributed by atoms with Gasteiger partial charge in [0, 0.05) is 24.4 Å². The number of amides is 1. The predicted octanol–water partition coefficient (Wildman–Crippen LogP) is 2.37. The molecule has 0 saturated carbocycles. The van der Waals surface area contributed by atoms with Gasteiger partial charge in [-0.05, 0) is 18.9 Å². The number of carbonyl (C=O) groups is 1. The highest BCUT2D eigenvalue weighted by Gasteiger charge is 2.24. The molecule has 3 aromatic rings. The molecule has 0 saturated heterocycles. The first-order chi connectivity index (χ1) is 11.6.